The van der Waals surface area contributed by atoms with E-state index in [-0.39, 0.29) is 0 Å². The summed E-state index contributed by atoms with van der Waals surface area (Å²) >= 11 is 0. The third-order valence-corrected chi connectivity index (χ3v) is 6.48. The molecule has 0 aliphatic rings. The van der Waals surface area contributed by atoms with Crippen molar-refractivity contribution < 1.29 is 0 Å². The molecule has 0 spiro atoms. The van der Waals surface area contributed by atoms with Crippen LogP contribution in [0.4, 0.5) is 11.4 Å². The Morgan fingerprint density at radius 2 is 1.19 bits per heavy atom. The van der Waals surface area contributed by atoms with Gasteiger partial charge in [0.2, 0.25) is 0 Å². The van der Waals surface area contributed by atoms with Crippen LogP contribution in [0, 0.1) is 0 Å². The highest BCUT2D eigenvalue weighted by molar-refractivity contribution is 8.32. The van der Waals surface area contributed by atoms with Crippen molar-refractivity contribution in [1.82, 2.24) is 0 Å². The molecule has 0 saturated carbocycles. The molecule has 0 heterocycles. The molecule has 4 aromatic rings. The Labute approximate surface area is 163 Å². The summed E-state index contributed by atoms with van der Waals surface area (Å²) in [5.74, 6) is 0. The predicted octanol–water partition coefficient (Wildman–Crippen LogP) is 7.30. The summed E-state index contributed by atoms with van der Waals surface area (Å²) in [4.78, 5) is 1.43. The van der Waals surface area contributed by atoms with Crippen molar-refractivity contribution >= 4 is 32.2 Å². The van der Waals surface area contributed by atoms with E-state index in [1.807, 2.05) is 0 Å². The molecular weight excluding hydrogens is 346 g/mol. The van der Waals surface area contributed by atoms with Crippen molar-refractivity contribution in [1.29, 1.82) is 0 Å². The fraction of sp³-hybridized carbons (Fsp3) is 0.120. The summed E-state index contributed by atoms with van der Waals surface area (Å²) in [5.41, 5.74) is 4.75. The minimum Gasteiger partial charge on any atom is -0.356 e. The van der Waals surface area contributed by atoms with E-state index in [9.17, 15) is 0 Å². The first-order valence-electron chi connectivity index (χ1n) is 9.14. The van der Waals surface area contributed by atoms with Crippen LogP contribution in [0.3, 0.4) is 0 Å². The van der Waals surface area contributed by atoms with Crippen LogP contribution in [-0.2, 0) is 0 Å². The van der Waals surface area contributed by atoms with Crippen LogP contribution in [0.25, 0.3) is 21.9 Å². The van der Waals surface area contributed by atoms with Crippen molar-refractivity contribution in [2.45, 2.75) is 4.90 Å². The standard InChI is InChI=1S/C25H25NS/c1-27(2,3)25-15-13-23(14-16-25)26-24-12-11-21-17-20(9-10-22(21)18-24)19-7-5-4-6-8-19/h4-18,26H,1-3H3. The van der Waals surface area contributed by atoms with Gasteiger partial charge in [0.25, 0.3) is 0 Å². The van der Waals surface area contributed by atoms with Gasteiger partial charge >= 0.3 is 0 Å². The highest BCUT2D eigenvalue weighted by Gasteiger charge is 2.07. The van der Waals surface area contributed by atoms with E-state index in [0.29, 0.717) is 0 Å². The topological polar surface area (TPSA) is 12.0 Å². The minimum atomic E-state index is -0.676. The van der Waals surface area contributed by atoms with E-state index >= 15 is 0 Å². The number of fused-ring (bicyclic) bond motifs is 1. The predicted molar refractivity (Wildman–Crippen MR) is 123 cm³/mol. The van der Waals surface area contributed by atoms with Gasteiger partial charge in [-0.15, -0.1) is 0 Å². The molecule has 0 fully saturated rings. The van der Waals surface area contributed by atoms with Gasteiger partial charge in [-0.25, -0.2) is 10.0 Å². The zero-order chi connectivity index (χ0) is 18.9. The lowest BCUT2D eigenvalue weighted by Gasteiger charge is -2.25. The Bertz CT molecular complexity index is 1060. The first kappa shape index (κ1) is 17.7. The van der Waals surface area contributed by atoms with Gasteiger partial charge in [0.15, 0.2) is 0 Å². The highest BCUT2D eigenvalue weighted by atomic mass is 32.3. The number of benzene rings is 4. The molecule has 2 heteroatoms. The molecular formula is C25H25NS. The second-order valence-corrected chi connectivity index (χ2v) is 11.8. The average molecular weight is 372 g/mol. The maximum absolute atomic E-state index is 3.53. The Morgan fingerprint density at radius 3 is 1.89 bits per heavy atom. The molecule has 136 valence electrons. The van der Waals surface area contributed by atoms with E-state index in [0.717, 1.165) is 11.4 Å². The molecule has 0 radical (unpaired) electrons. The first-order valence-corrected chi connectivity index (χ1v) is 12.0. The third kappa shape index (κ3) is 4.01. The summed E-state index contributed by atoms with van der Waals surface area (Å²) in [5, 5.41) is 6.03. The Balaban J connectivity index is 1.58. The fourth-order valence-corrected chi connectivity index (χ4v) is 4.20. The van der Waals surface area contributed by atoms with Crippen LogP contribution in [0.1, 0.15) is 0 Å². The van der Waals surface area contributed by atoms with Crippen molar-refractivity contribution in [3.05, 3.63) is 91.0 Å². The maximum atomic E-state index is 3.53. The van der Waals surface area contributed by atoms with E-state index in [2.05, 4.69) is 115 Å². The molecule has 27 heavy (non-hydrogen) atoms. The average Bonchev–Trinajstić information content (AvgIpc) is 2.68. The summed E-state index contributed by atoms with van der Waals surface area (Å²) in [7, 11) is -0.676. The monoisotopic (exact) mass is 371 g/mol. The van der Waals surface area contributed by atoms with Crippen LogP contribution in [-0.4, -0.2) is 18.8 Å². The zero-order valence-corrected chi connectivity index (χ0v) is 16.9. The number of hydrogen-bond acceptors (Lipinski definition) is 1. The van der Waals surface area contributed by atoms with Gasteiger partial charge in [-0.2, -0.15) is 0 Å². The second kappa shape index (κ2) is 7.13. The van der Waals surface area contributed by atoms with Gasteiger partial charge in [0.05, 0.1) is 0 Å². The molecule has 0 aromatic heterocycles. The smallest absolute Gasteiger partial charge is 0.0390 e. The molecule has 1 nitrogen and oxygen atoms in total. The molecule has 0 amide bonds. The minimum absolute atomic E-state index is 0.676. The first-order chi connectivity index (χ1) is 13.0. The number of rotatable bonds is 4. The van der Waals surface area contributed by atoms with Crippen LogP contribution >= 0.6 is 10.0 Å². The third-order valence-electron chi connectivity index (χ3n) is 4.80. The Kier molecular flexibility index (Phi) is 4.67. The lowest BCUT2D eigenvalue weighted by molar-refractivity contribution is 1.42. The quantitative estimate of drug-likeness (QED) is 0.397. The van der Waals surface area contributed by atoms with Gasteiger partial charge in [-0.05, 0) is 88.0 Å². The molecule has 0 saturated heterocycles. The van der Waals surface area contributed by atoms with Crippen molar-refractivity contribution in [3.63, 3.8) is 0 Å². The van der Waals surface area contributed by atoms with Gasteiger partial charge in [-0.1, -0.05) is 48.5 Å². The lowest BCUT2D eigenvalue weighted by Crippen LogP contribution is -1.94. The molecule has 1 N–H and O–H groups in total. The van der Waals surface area contributed by atoms with Gasteiger partial charge in [0.1, 0.15) is 0 Å². The van der Waals surface area contributed by atoms with Crippen LogP contribution in [0.2, 0.25) is 0 Å². The summed E-state index contributed by atoms with van der Waals surface area (Å²) in [6, 6.07) is 32.6. The molecule has 0 atom stereocenters. The van der Waals surface area contributed by atoms with Gasteiger partial charge < -0.3 is 5.32 Å². The van der Waals surface area contributed by atoms with E-state index < -0.39 is 10.0 Å². The highest BCUT2D eigenvalue weighted by Crippen LogP contribution is 2.45. The molecule has 0 bridgehead atoms. The van der Waals surface area contributed by atoms with Crippen molar-refractivity contribution in [2.75, 3.05) is 24.1 Å². The number of nitrogens with one attached hydrogen (secondary N) is 1. The maximum Gasteiger partial charge on any atom is 0.0390 e. The van der Waals surface area contributed by atoms with Gasteiger partial charge in [0, 0.05) is 11.4 Å². The molecule has 4 aromatic carbocycles. The van der Waals surface area contributed by atoms with Crippen molar-refractivity contribution in [2.24, 2.45) is 0 Å². The largest absolute Gasteiger partial charge is 0.356 e. The van der Waals surface area contributed by atoms with Gasteiger partial charge in [-0.3, -0.25) is 0 Å². The SMILES string of the molecule is CS(C)(C)c1ccc(Nc2ccc3cc(-c4ccccc4)ccc3c2)cc1. The second-order valence-electron chi connectivity index (χ2n) is 7.63. The van der Waals surface area contributed by atoms with Crippen LogP contribution in [0.5, 0.6) is 0 Å². The Hall–Kier alpha value is -2.71. The lowest BCUT2D eigenvalue weighted by atomic mass is 10.0. The zero-order valence-electron chi connectivity index (χ0n) is 16.1. The van der Waals surface area contributed by atoms with Crippen LogP contribution < -0.4 is 5.32 Å². The molecule has 4 rings (SSSR count). The van der Waals surface area contributed by atoms with Crippen LogP contribution in [0.15, 0.2) is 95.9 Å². The summed E-state index contributed by atoms with van der Waals surface area (Å²) in [6.07, 6.45) is 6.97. The normalized spacial score (nSPS) is 12.1. The Morgan fingerprint density at radius 1 is 0.556 bits per heavy atom. The molecule has 0 aliphatic heterocycles. The molecule has 0 aliphatic carbocycles. The summed E-state index contributed by atoms with van der Waals surface area (Å²) in [6.45, 7) is 0. The van der Waals surface area contributed by atoms with E-state index in [1.54, 1.807) is 0 Å². The molecule has 0 unspecified atom stereocenters. The summed E-state index contributed by atoms with van der Waals surface area (Å²) < 4.78 is 0. The van der Waals surface area contributed by atoms with E-state index in [4.69, 9.17) is 0 Å². The number of anilines is 2. The fourth-order valence-electron chi connectivity index (χ4n) is 3.25. The number of hydrogen-bond donors (Lipinski definition) is 1. The van der Waals surface area contributed by atoms with Crippen molar-refractivity contribution in [3.8, 4) is 11.1 Å². The van der Waals surface area contributed by atoms with E-state index in [1.165, 1.54) is 26.8 Å².